The molecule has 1 nitrogen and oxygen atoms in total. The SMILES string of the molecule is CCCN(CC)Cc1ccccc1Br. The Morgan fingerprint density at radius 2 is 1.93 bits per heavy atom. The van der Waals surface area contributed by atoms with E-state index in [0.29, 0.717) is 0 Å². The Morgan fingerprint density at radius 3 is 2.50 bits per heavy atom. The van der Waals surface area contributed by atoms with Crippen LogP contribution in [0, 0.1) is 0 Å². The summed E-state index contributed by atoms with van der Waals surface area (Å²) >= 11 is 3.58. The second-order valence-electron chi connectivity index (χ2n) is 3.46. The molecule has 1 aromatic carbocycles. The predicted molar refractivity (Wildman–Crippen MR) is 65.4 cm³/mol. The number of hydrogen-bond donors (Lipinski definition) is 0. The van der Waals surface area contributed by atoms with E-state index in [0.717, 1.165) is 13.1 Å². The molecular formula is C12H18BrN. The third kappa shape index (κ3) is 3.43. The molecule has 0 spiro atoms. The van der Waals surface area contributed by atoms with Gasteiger partial charge in [0, 0.05) is 11.0 Å². The highest BCUT2D eigenvalue weighted by atomic mass is 79.9. The lowest BCUT2D eigenvalue weighted by Gasteiger charge is -2.20. The molecule has 0 aliphatic carbocycles. The summed E-state index contributed by atoms with van der Waals surface area (Å²) in [7, 11) is 0. The van der Waals surface area contributed by atoms with Gasteiger partial charge in [-0.1, -0.05) is 48.0 Å². The van der Waals surface area contributed by atoms with Crippen molar-refractivity contribution in [1.82, 2.24) is 4.90 Å². The molecule has 0 saturated carbocycles. The lowest BCUT2D eigenvalue weighted by Crippen LogP contribution is -2.23. The van der Waals surface area contributed by atoms with Crippen molar-refractivity contribution in [2.45, 2.75) is 26.8 Å². The van der Waals surface area contributed by atoms with Crippen LogP contribution >= 0.6 is 15.9 Å². The zero-order valence-corrected chi connectivity index (χ0v) is 10.5. The van der Waals surface area contributed by atoms with Crippen molar-refractivity contribution < 1.29 is 0 Å². The van der Waals surface area contributed by atoms with Crippen LogP contribution in [-0.2, 0) is 6.54 Å². The van der Waals surface area contributed by atoms with Gasteiger partial charge in [0.2, 0.25) is 0 Å². The first-order valence-electron chi connectivity index (χ1n) is 5.23. The molecule has 0 atom stereocenters. The van der Waals surface area contributed by atoms with Crippen molar-refractivity contribution in [3.63, 3.8) is 0 Å². The van der Waals surface area contributed by atoms with Gasteiger partial charge < -0.3 is 0 Å². The Hall–Kier alpha value is -0.340. The topological polar surface area (TPSA) is 3.24 Å². The molecule has 0 aliphatic heterocycles. The Bertz CT molecular complexity index is 273. The lowest BCUT2D eigenvalue weighted by molar-refractivity contribution is 0.280. The highest BCUT2D eigenvalue weighted by Gasteiger charge is 2.04. The maximum absolute atomic E-state index is 3.58. The highest BCUT2D eigenvalue weighted by molar-refractivity contribution is 9.10. The summed E-state index contributed by atoms with van der Waals surface area (Å²) in [6, 6.07) is 8.45. The molecule has 0 amide bonds. The Kier molecular flexibility index (Phi) is 5.20. The van der Waals surface area contributed by atoms with Gasteiger partial charge in [0.05, 0.1) is 0 Å². The number of hydrogen-bond acceptors (Lipinski definition) is 1. The summed E-state index contributed by atoms with van der Waals surface area (Å²) in [6.45, 7) is 7.79. The van der Waals surface area contributed by atoms with Crippen LogP contribution in [0.3, 0.4) is 0 Å². The lowest BCUT2D eigenvalue weighted by atomic mass is 10.2. The summed E-state index contributed by atoms with van der Waals surface area (Å²) in [6.07, 6.45) is 1.22. The Balaban J connectivity index is 2.62. The molecule has 0 radical (unpaired) electrons. The largest absolute Gasteiger partial charge is 0.299 e. The second kappa shape index (κ2) is 6.20. The molecule has 0 bridgehead atoms. The zero-order valence-electron chi connectivity index (χ0n) is 8.96. The minimum atomic E-state index is 1.05. The number of nitrogens with zero attached hydrogens (tertiary/aromatic N) is 1. The number of rotatable bonds is 5. The third-order valence-electron chi connectivity index (χ3n) is 2.34. The third-order valence-corrected chi connectivity index (χ3v) is 3.11. The van der Waals surface area contributed by atoms with Gasteiger partial charge in [-0.15, -0.1) is 0 Å². The fraction of sp³-hybridized carbons (Fsp3) is 0.500. The summed E-state index contributed by atoms with van der Waals surface area (Å²) < 4.78 is 1.22. The fourth-order valence-corrected chi connectivity index (χ4v) is 1.94. The molecule has 0 fully saturated rings. The molecule has 1 aromatic rings. The molecule has 0 unspecified atom stereocenters. The van der Waals surface area contributed by atoms with Gasteiger partial charge in [-0.2, -0.15) is 0 Å². The summed E-state index contributed by atoms with van der Waals surface area (Å²) in [5.74, 6) is 0. The van der Waals surface area contributed by atoms with Crippen LogP contribution in [0.15, 0.2) is 28.7 Å². The molecular weight excluding hydrogens is 238 g/mol. The van der Waals surface area contributed by atoms with E-state index in [1.165, 1.54) is 23.0 Å². The Labute approximate surface area is 95.2 Å². The first kappa shape index (κ1) is 11.7. The van der Waals surface area contributed by atoms with Crippen LogP contribution in [-0.4, -0.2) is 18.0 Å². The molecule has 78 valence electrons. The minimum absolute atomic E-state index is 1.05. The van der Waals surface area contributed by atoms with E-state index >= 15 is 0 Å². The average Bonchev–Trinajstić information content (AvgIpc) is 2.20. The summed E-state index contributed by atoms with van der Waals surface area (Å²) in [4.78, 5) is 2.46. The quantitative estimate of drug-likeness (QED) is 0.776. The van der Waals surface area contributed by atoms with Gasteiger partial charge in [-0.25, -0.2) is 0 Å². The molecule has 0 heterocycles. The van der Waals surface area contributed by atoms with Gasteiger partial charge in [0.1, 0.15) is 0 Å². The normalized spacial score (nSPS) is 10.9. The smallest absolute Gasteiger partial charge is 0.0244 e. The Morgan fingerprint density at radius 1 is 1.21 bits per heavy atom. The first-order valence-corrected chi connectivity index (χ1v) is 6.03. The van der Waals surface area contributed by atoms with Crippen LogP contribution in [0.5, 0.6) is 0 Å². The van der Waals surface area contributed by atoms with Crippen LogP contribution < -0.4 is 0 Å². The highest BCUT2D eigenvalue weighted by Crippen LogP contribution is 2.17. The molecule has 0 aliphatic rings. The maximum atomic E-state index is 3.58. The molecule has 0 aromatic heterocycles. The zero-order chi connectivity index (χ0) is 10.4. The van der Waals surface area contributed by atoms with Crippen molar-refractivity contribution in [2.24, 2.45) is 0 Å². The van der Waals surface area contributed by atoms with Crippen LogP contribution in [0.2, 0.25) is 0 Å². The fourth-order valence-electron chi connectivity index (χ4n) is 1.53. The average molecular weight is 256 g/mol. The predicted octanol–water partition coefficient (Wildman–Crippen LogP) is 3.68. The molecule has 1 rings (SSSR count). The van der Waals surface area contributed by atoms with Crippen molar-refractivity contribution in [1.29, 1.82) is 0 Å². The van der Waals surface area contributed by atoms with E-state index in [1.54, 1.807) is 0 Å². The van der Waals surface area contributed by atoms with Crippen LogP contribution in [0.25, 0.3) is 0 Å². The van der Waals surface area contributed by atoms with E-state index in [-0.39, 0.29) is 0 Å². The van der Waals surface area contributed by atoms with E-state index in [2.05, 4.69) is 58.9 Å². The standard InChI is InChI=1S/C12H18BrN/c1-3-9-14(4-2)10-11-7-5-6-8-12(11)13/h5-8H,3-4,9-10H2,1-2H3. The van der Waals surface area contributed by atoms with Crippen LogP contribution in [0.4, 0.5) is 0 Å². The number of halogens is 1. The molecule has 14 heavy (non-hydrogen) atoms. The van der Waals surface area contributed by atoms with Gasteiger partial charge in [0.15, 0.2) is 0 Å². The molecule has 2 heteroatoms. The monoisotopic (exact) mass is 255 g/mol. The van der Waals surface area contributed by atoms with Crippen molar-refractivity contribution in [3.8, 4) is 0 Å². The molecule has 0 saturated heterocycles. The van der Waals surface area contributed by atoms with Gasteiger partial charge in [-0.3, -0.25) is 4.90 Å². The number of benzene rings is 1. The van der Waals surface area contributed by atoms with Gasteiger partial charge in [0.25, 0.3) is 0 Å². The summed E-state index contributed by atoms with van der Waals surface area (Å²) in [5.41, 5.74) is 1.38. The second-order valence-corrected chi connectivity index (χ2v) is 4.31. The van der Waals surface area contributed by atoms with Crippen molar-refractivity contribution in [2.75, 3.05) is 13.1 Å². The van der Waals surface area contributed by atoms with E-state index < -0.39 is 0 Å². The van der Waals surface area contributed by atoms with Crippen LogP contribution in [0.1, 0.15) is 25.8 Å². The van der Waals surface area contributed by atoms with Gasteiger partial charge >= 0.3 is 0 Å². The summed E-state index contributed by atoms with van der Waals surface area (Å²) in [5, 5.41) is 0. The maximum Gasteiger partial charge on any atom is 0.0244 e. The molecule has 0 N–H and O–H groups in total. The van der Waals surface area contributed by atoms with Gasteiger partial charge in [-0.05, 0) is 31.1 Å². The first-order chi connectivity index (χ1) is 6.77. The van der Waals surface area contributed by atoms with Crippen molar-refractivity contribution >= 4 is 15.9 Å². The van der Waals surface area contributed by atoms with E-state index in [9.17, 15) is 0 Å². The van der Waals surface area contributed by atoms with E-state index in [4.69, 9.17) is 0 Å². The van der Waals surface area contributed by atoms with E-state index in [1.807, 2.05) is 0 Å². The van der Waals surface area contributed by atoms with Crippen molar-refractivity contribution in [3.05, 3.63) is 34.3 Å². The minimum Gasteiger partial charge on any atom is -0.299 e.